The molecule has 27 heavy (non-hydrogen) atoms. The summed E-state index contributed by atoms with van der Waals surface area (Å²) in [5.41, 5.74) is -4.98. The largest absolute Gasteiger partial charge is 0.468 e. The van der Waals surface area contributed by atoms with Crippen LogP contribution in [0.5, 0.6) is 5.75 Å². The van der Waals surface area contributed by atoms with Crippen LogP contribution >= 0.6 is 0 Å². The van der Waals surface area contributed by atoms with Crippen molar-refractivity contribution in [3.63, 3.8) is 0 Å². The van der Waals surface area contributed by atoms with E-state index < -0.39 is 34.3 Å². The number of methoxy groups -OCH3 is 1. The molecule has 0 fully saturated rings. The normalized spacial score (nSPS) is 19.0. The van der Waals surface area contributed by atoms with Gasteiger partial charge in [0.2, 0.25) is 0 Å². The molecule has 0 bridgehead atoms. The number of benzene rings is 1. The number of nitrogens with zero attached hydrogens (tertiary/aromatic N) is 3. The van der Waals surface area contributed by atoms with Crippen molar-refractivity contribution in [1.82, 2.24) is 0 Å². The Morgan fingerprint density at radius 2 is 1.74 bits per heavy atom. The van der Waals surface area contributed by atoms with Crippen molar-refractivity contribution < 1.29 is 27.4 Å². The fourth-order valence-electron chi connectivity index (χ4n) is 2.69. The molecule has 0 N–H and O–H groups in total. The summed E-state index contributed by atoms with van der Waals surface area (Å²) >= 11 is 0. The highest BCUT2D eigenvalue weighted by Crippen LogP contribution is 2.55. The van der Waals surface area contributed by atoms with Gasteiger partial charge in [0.25, 0.3) is 5.60 Å². The zero-order valence-corrected chi connectivity index (χ0v) is 14.2. The molecule has 0 saturated heterocycles. The predicted octanol–water partition coefficient (Wildman–Crippen LogP) is 3.60. The molecule has 1 aliphatic heterocycles. The number of nitriles is 3. The fraction of sp³-hybridized carbons (Fsp3) is 0.278. The van der Waals surface area contributed by atoms with Crippen LogP contribution in [0.15, 0.2) is 46.7 Å². The van der Waals surface area contributed by atoms with Gasteiger partial charge in [-0.1, -0.05) is 12.1 Å². The van der Waals surface area contributed by atoms with Crippen molar-refractivity contribution >= 4 is 0 Å². The first-order valence-electron chi connectivity index (χ1n) is 7.41. The molecule has 0 aliphatic carbocycles. The molecular weight excluding hydrogens is 363 g/mol. The number of hydrogen-bond acceptors (Lipinski definition) is 6. The van der Waals surface area contributed by atoms with Crippen LogP contribution in [0.3, 0.4) is 0 Å². The van der Waals surface area contributed by atoms with Crippen LogP contribution in [-0.4, -0.2) is 20.1 Å². The van der Waals surface area contributed by atoms with Crippen LogP contribution in [0.25, 0.3) is 0 Å². The highest BCUT2D eigenvalue weighted by atomic mass is 19.4. The van der Waals surface area contributed by atoms with Crippen molar-refractivity contribution in [2.24, 2.45) is 0 Å². The number of ether oxygens (including phenoxy) is 3. The van der Waals surface area contributed by atoms with Crippen LogP contribution in [0.2, 0.25) is 0 Å². The predicted molar refractivity (Wildman–Crippen MR) is 84.3 cm³/mol. The van der Waals surface area contributed by atoms with Gasteiger partial charge in [-0.3, -0.25) is 0 Å². The van der Waals surface area contributed by atoms with E-state index in [0.717, 1.165) is 19.1 Å². The molecule has 0 saturated carbocycles. The number of halogens is 3. The molecule has 1 unspecified atom stereocenters. The maximum atomic E-state index is 14.1. The second kappa shape index (κ2) is 7.41. The molecule has 1 aromatic carbocycles. The molecule has 2 rings (SSSR count). The minimum atomic E-state index is -4.97. The lowest BCUT2D eigenvalue weighted by Gasteiger charge is -2.33. The molecule has 0 spiro atoms. The first-order valence-corrected chi connectivity index (χ1v) is 7.41. The summed E-state index contributed by atoms with van der Waals surface area (Å²) in [6, 6.07) is 9.38. The Kier molecular flexibility index (Phi) is 5.44. The second-order valence-corrected chi connectivity index (χ2v) is 5.40. The van der Waals surface area contributed by atoms with Crippen molar-refractivity contribution in [2.75, 3.05) is 13.9 Å². The molecule has 0 amide bonds. The van der Waals surface area contributed by atoms with Gasteiger partial charge in [-0.2, -0.15) is 29.0 Å². The van der Waals surface area contributed by atoms with Gasteiger partial charge in [0.05, 0.1) is 5.57 Å². The lowest BCUT2D eigenvalue weighted by atomic mass is 9.85. The van der Waals surface area contributed by atoms with Crippen LogP contribution < -0.4 is 4.74 Å². The standard InChI is InChI=1S/C18H12F3N3O3/c1-11-15(9-24)16(12(7-22)8-23)27-17(11,18(19,20)21)13-3-5-14(6-4-13)26-10-25-2/h3-6H,10H2,1-2H3. The number of allylic oxidation sites excluding steroid dienone is 2. The lowest BCUT2D eigenvalue weighted by molar-refractivity contribution is -0.250. The van der Waals surface area contributed by atoms with Gasteiger partial charge in [0.15, 0.2) is 18.1 Å². The molecule has 1 aliphatic rings. The Balaban J connectivity index is 2.69. The van der Waals surface area contributed by atoms with Crippen molar-refractivity contribution in [3.8, 4) is 24.0 Å². The first kappa shape index (κ1) is 19.8. The van der Waals surface area contributed by atoms with Gasteiger partial charge in [0.1, 0.15) is 24.0 Å². The molecule has 6 nitrogen and oxygen atoms in total. The Morgan fingerprint density at radius 1 is 1.15 bits per heavy atom. The third kappa shape index (κ3) is 3.19. The lowest BCUT2D eigenvalue weighted by Crippen LogP contribution is -2.43. The fourth-order valence-corrected chi connectivity index (χ4v) is 2.69. The SMILES string of the molecule is COCOc1ccc(C2(C(F)(F)F)OC(=C(C#N)C#N)C(C#N)=C2C)cc1. The Bertz CT molecular complexity index is 912. The Hall–Kier alpha value is -3.48. The maximum absolute atomic E-state index is 14.1. The van der Waals surface area contributed by atoms with E-state index in [0.29, 0.717) is 0 Å². The van der Waals surface area contributed by atoms with Gasteiger partial charge in [-0.05, 0) is 19.1 Å². The first-order chi connectivity index (χ1) is 12.8. The summed E-state index contributed by atoms with van der Waals surface area (Å²) < 4.78 is 57.3. The van der Waals surface area contributed by atoms with Crippen molar-refractivity contribution in [2.45, 2.75) is 18.7 Å². The molecule has 1 heterocycles. The molecule has 138 valence electrons. The number of alkyl halides is 3. The van der Waals surface area contributed by atoms with Crippen LogP contribution in [0.4, 0.5) is 13.2 Å². The van der Waals surface area contributed by atoms with E-state index in [2.05, 4.69) is 0 Å². The zero-order valence-electron chi connectivity index (χ0n) is 14.2. The van der Waals surface area contributed by atoms with Crippen LogP contribution in [0.1, 0.15) is 12.5 Å². The van der Waals surface area contributed by atoms with E-state index in [4.69, 9.17) is 24.7 Å². The van der Waals surface area contributed by atoms with E-state index >= 15 is 0 Å². The van der Waals surface area contributed by atoms with Gasteiger partial charge < -0.3 is 14.2 Å². The van der Waals surface area contributed by atoms with Gasteiger partial charge in [-0.15, -0.1) is 0 Å². The summed E-state index contributed by atoms with van der Waals surface area (Å²) in [4.78, 5) is 0. The molecular formula is C18H12F3N3O3. The molecule has 9 heteroatoms. The molecule has 0 radical (unpaired) electrons. The molecule has 1 aromatic rings. The Labute approximate surface area is 152 Å². The van der Waals surface area contributed by atoms with E-state index in [9.17, 15) is 18.4 Å². The minimum absolute atomic E-state index is 0.0850. The van der Waals surface area contributed by atoms with Crippen molar-refractivity contribution in [3.05, 3.63) is 52.3 Å². The van der Waals surface area contributed by atoms with Crippen LogP contribution in [0, 0.1) is 34.0 Å². The highest BCUT2D eigenvalue weighted by molar-refractivity contribution is 5.59. The average molecular weight is 375 g/mol. The third-order valence-corrected chi connectivity index (χ3v) is 3.95. The second-order valence-electron chi connectivity index (χ2n) is 5.40. The van der Waals surface area contributed by atoms with E-state index in [1.54, 1.807) is 6.07 Å². The topological polar surface area (TPSA) is 99.1 Å². The quantitative estimate of drug-likeness (QED) is 0.589. The summed E-state index contributed by atoms with van der Waals surface area (Å²) in [6.45, 7) is 0.999. The number of rotatable bonds is 4. The summed E-state index contributed by atoms with van der Waals surface area (Å²) in [7, 11) is 1.40. The monoisotopic (exact) mass is 375 g/mol. The minimum Gasteiger partial charge on any atom is -0.468 e. The van der Waals surface area contributed by atoms with E-state index in [-0.39, 0.29) is 18.1 Å². The smallest absolute Gasteiger partial charge is 0.436 e. The summed E-state index contributed by atoms with van der Waals surface area (Å²) in [5, 5.41) is 27.3. The Morgan fingerprint density at radius 3 is 2.19 bits per heavy atom. The van der Waals surface area contributed by atoms with Gasteiger partial charge >= 0.3 is 6.18 Å². The summed E-state index contributed by atoms with van der Waals surface area (Å²) in [5.74, 6) is -0.416. The molecule has 0 aromatic heterocycles. The van der Waals surface area contributed by atoms with Gasteiger partial charge in [-0.25, -0.2) is 0 Å². The average Bonchev–Trinajstić information content (AvgIpc) is 2.94. The van der Waals surface area contributed by atoms with Gasteiger partial charge in [0, 0.05) is 18.2 Å². The summed E-state index contributed by atoms with van der Waals surface area (Å²) in [6.07, 6.45) is -4.97. The maximum Gasteiger partial charge on any atom is 0.436 e. The van der Waals surface area contributed by atoms with Crippen molar-refractivity contribution in [1.29, 1.82) is 15.8 Å². The van der Waals surface area contributed by atoms with Crippen LogP contribution in [-0.2, 0) is 15.1 Å². The zero-order chi connectivity index (χ0) is 20.2. The van der Waals surface area contributed by atoms with E-state index in [1.165, 1.54) is 31.4 Å². The molecule has 1 atom stereocenters. The highest BCUT2D eigenvalue weighted by Gasteiger charge is 2.64. The third-order valence-electron chi connectivity index (χ3n) is 3.95. The number of hydrogen-bond donors (Lipinski definition) is 0. The van der Waals surface area contributed by atoms with E-state index in [1.807, 2.05) is 0 Å².